The zero-order valence-corrected chi connectivity index (χ0v) is 15.8. The van der Waals surface area contributed by atoms with Crippen molar-refractivity contribution < 1.29 is 28.2 Å². The number of anilines is 1. The van der Waals surface area contributed by atoms with Crippen molar-refractivity contribution in [2.45, 2.75) is 6.92 Å². The van der Waals surface area contributed by atoms with E-state index in [2.05, 4.69) is 5.32 Å². The van der Waals surface area contributed by atoms with Gasteiger partial charge in [-0.15, -0.1) is 0 Å². The number of methoxy groups -OCH3 is 4. The Hall–Kier alpha value is -3.35. The van der Waals surface area contributed by atoms with Crippen LogP contribution >= 0.6 is 0 Å². The Morgan fingerprint density at radius 3 is 2.15 bits per heavy atom. The summed E-state index contributed by atoms with van der Waals surface area (Å²) in [5.41, 5.74) is 1.84. The molecule has 0 aliphatic rings. The molecule has 0 unspecified atom stereocenters. The fraction of sp³-hybridized carbons (Fsp3) is 0.250. The first-order valence-corrected chi connectivity index (χ1v) is 8.20. The molecule has 0 aliphatic heterocycles. The molecule has 2 aromatic carbocycles. The van der Waals surface area contributed by atoms with E-state index in [0.717, 1.165) is 10.9 Å². The minimum Gasteiger partial charge on any atom is -0.497 e. The zero-order chi connectivity index (χ0) is 19.6. The molecule has 0 bridgehead atoms. The van der Waals surface area contributed by atoms with Gasteiger partial charge in [-0.1, -0.05) is 0 Å². The number of carbonyl (C=O) groups excluding carboxylic acids is 1. The predicted molar refractivity (Wildman–Crippen MR) is 102 cm³/mol. The molecule has 1 aromatic heterocycles. The smallest absolute Gasteiger partial charge is 0.291 e. The van der Waals surface area contributed by atoms with E-state index in [1.807, 2.05) is 13.0 Å². The number of furan rings is 1. The number of nitrogens with one attached hydrogen (secondary N) is 1. The van der Waals surface area contributed by atoms with E-state index in [0.29, 0.717) is 34.3 Å². The SMILES string of the molecule is COc1ccc2oc(C(=O)Nc3cc(OC)c(OC)c(OC)c3)c(C)c2c1. The topological polar surface area (TPSA) is 79.2 Å². The first kappa shape index (κ1) is 18.4. The summed E-state index contributed by atoms with van der Waals surface area (Å²) < 4.78 is 26.9. The lowest BCUT2D eigenvalue weighted by Gasteiger charge is -2.14. The summed E-state index contributed by atoms with van der Waals surface area (Å²) in [7, 11) is 6.14. The molecule has 7 heteroatoms. The van der Waals surface area contributed by atoms with Gasteiger partial charge in [0.1, 0.15) is 11.3 Å². The van der Waals surface area contributed by atoms with Crippen LogP contribution in [-0.2, 0) is 0 Å². The summed E-state index contributed by atoms with van der Waals surface area (Å²) >= 11 is 0. The number of hydrogen-bond donors (Lipinski definition) is 1. The minimum absolute atomic E-state index is 0.229. The van der Waals surface area contributed by atoms with Gasteiger partial charge in [-0.2, -0.15) is 0 Å². The Labute approximate surface area is 156 Å². The minimum atomic E-state index is -0.378. The van der Waals surface area contributed by atoms with Gasteiger partial charge >= 0.3 is 0 Å². The van der Waals surface area contributed by atoms with Gasteiger partial charge in [0.05, 0.1) is 28.4 Å². The van der Waals surface area contributed by atoms with E-state index in [-0.39, 0.29) is 11.7 Å². The summed E-state index contributed by atoms with van der Waals surface area (Å²) in [5.74, 6) is 1.88. The second-order valence-electron chi connectivity index (χ2n) is 5.79. The number of aryl methyl sites for hydroxylation is 1. The average Bonchev–Trinajstić information content (AvgIpc) is 3.03. The molecule has 0 aliphatic carbocycles. The van der Waals surface area contributed by atoms with Crippen molar-refractivity contribution in [2.24, 2.45) is 0 Å². The van der Waals surface area contributed by atoms with Crippen molar-refractivity contribution in [2.75, 3.05) is 33.8 Å². The molecule has 142 valence electrons. The van der Waals surface area contributed by atoms with E-state index in [9.17, 15) is 4.79 Å². The summed E-state index contributed by atoms with van der Waals surface area (Å²) in [6.07, 6.45) is 0. The second-order valence-corrected chi connectivity index (χ2v) is 5.79. The quantitative estimate of drug-likeness (QED) is 0.705. The highest BCUT2D eigenvalue weighted by Gasteiger charge is 2.20. The molecule has 27 heavy (non-hydrogen) atoms. The molecule has 0 spiro atoms. The lowest BCUT2D eigenvalue weighted by atomic mass is 10.1. The molecule has 1 amide bonds. The van der Waals surface area contributed by atoms with E-state index < -0.39 is 0 Å². The molecule has 0 saturated heterocycles. The Morgan fingerprint density at radius 1 is 0.926 bits per heavy atom. The van der Waals surface area contributed by atoms with Crippen LogP contribution in [0.4, 0.5) is 5.69 Å². The maximum atomic E-state index is 12.8. The van der Waals surface area contributed by atoms with Gasteiger partial charge in [0.15, 0.2) is 17.3 Å². The van der Waals surface area contributed by atoms with Crippen molar-refractivity contribution in [3.05, 3.63) is 41.7 Å². The predicted octanol–water partition coefficient (Wildman–Crippen LogP) is 4.03. The van der Waals surface area contributed by atoms with Gasteiger partial charge < -0.3 is 28.7 Å². The molecule has 0 radical (unpaired) electrons. The Balaban J connectivity index is 1.96. The third-order valence-corrected chi connectivity index (χ3v) is 4.27. The monoisotopic (exact) mass is 371 g/mol. The van der Waals surface area contributed by atoms with Gasteiger partial charge in [0, 0.05) is 28.8 Å². The van der Waals surface area contributed by atoms with Crippen molar-refractivity contribution in [1.82, 2.24) is 0 Å². The normalized spacial score (nSPS) is 10.6. The number of fused-ring (bicyclic) bond motifs is 1. The van der Waals surface area contributed by atoms with Crippen LogP contribution in [0.5, 0.6) is 23.0 Å². The first-order valence-electron chi connectivity index (χ1n) is 8.20. The van der Waals surface area contributed by atoms with Crippen LogP contribution in [0.2, 0.25) is 0 Å². The van der Waals surface area contributed by atoms with Crippen LogP contribution < -0.4 is 24.3 Å². The number of ether oxygens (including phenoxy) is 4. The zero-order valence-electron chi connectivity index (χ0n) is 15.8. The maximum Gasteiger partial charge on any atom is 0.291 e. The molecule has 1 N–H and O–H groups in total. The third kappa shape index (κ3) is 3.36. The molecule has 0 fully saturated rings. The Bertz CT molecular complexity index is 967. The van der Waals surface area contributed by atoms with E-state index >= 15 is 0 Å². The van der Waals surface area contributed by atoms with Crippen LogP contribution in [0.25, 0.3) is 11.0 Å². The van der Waals surface area contributed by atoms with Crippen LogP contribution in [0.3, 0.4) is 0 Å². The molecule has 3 aromatic rings. The van der Waals surface area contributed by atoms with Crippen molar-refractivity contribution in [3.63, 3.8) is 0 Å². The van der Waals surface area contributed by atoms with Crippen LogP contribution in [0.15, 0.2) is 34.7 Å². The average molecular weight is 371 g/mol. The number of amides is 1. The second kappa shape index (κ2) is 7.49. The number of carbonyl (C=O) groups is 1. The van der Waals surface area contributed by atoms with E-state index in [1.165, 1.54) is 21.3 Å². The first-order chi connectivity index (χ1) is 13.0. The molecule has 7 nitrogen and oxygen atoms in total. The molecule has 3 rings (SSSR count). The van der Waals surface area contributed by atoms with Crippen molar-refractivity contribution in [3.8, 4) is 23.0 Å². The highest BCUT2D eigenvalue weighted by Crippen LogP contribution is 2.40. The van der Waals surface area contributed by atoms with E-state index in [1.54, 1.807) is 31.4 Å². The van der Waals surface area contributed by atoms with Crippen molar-refractivity contribution in [1.29, 1.82) is 0 Å². The highest BCUT2D eigenvalue weighted by molar-refractivity contribution is 6.06. The van der Waals surface area contributed by atoms with Gasteiger partial charge in [0.2, 0.25) is 5.75 Å². The van der Waals surface area contributed by atoms with Gasteiger partial charge in [-0.05, 0) is 25.1 Å². The van der Waals surface area contributed by atoms with Gasteiger partial charge in [-0.25, -0.2) is 0 Å². The standard InChI is InChI=1S/C20H21NO6/c1-11-14-10-13(23-2)6-7-15(14)27-18(11)20(22)21-12-8-16(24-3)19(26-5)17(9-12)25-4/h6-10H,1-5H3,(H,21,22). The number of benzene rings is 2. The molecule has 0 atom stereocenters. The van der Waals surface area contributed by atoms with Gasteiger partial charge in [-0.3, -0.25) is 4.79 Å². The molecule has 0 saturated carbocycles. The summed E-state index contributed by atoms with van der Waals surface area (Å²) in [4.78, 5) is 12.8. The molecular weight excluding hydrogens is 350 g/mol. The summed E-state index contributed by atoms with van der Waals surface area (Å²) in [6, 6.07) is 8.70. The summed E-state index contributed by atoms with van der Waals surface area (Å²) in [5, 5.41) is 3.63. The molecular formula is C20H21NO6. The lowest BCUT2D eigenvalue weighted by Crippen LogP contribution is -2.12. The third-order valence-electron chi connectivity index (χ3n) is 4.27. The highest BCUT2D eigenvalue weighted by atomic mass is 16.5. The number of rotatable bonds is 6. The van der Waals surface area contributed by atoms with Crippen LogP contribution in [-0.4, -0.2) is 34.3 Å². The Kier molecular flexibility index (Phi) is 5.12. The largest absolute Gasteiger partial charge is 0.497 e. The maximum absolute atomic E-state index is 12.8. The van der Waals surface area contributed by atoms with Crippen LogP contribution in [0, 0.1) is 6.92 Å². The van der Waals surface area contributed by atoms with Crippen LogP contribution in [0.1, 0.15) is 16.1 Å². The molecule has 1 heterocycles. The van der Waals surface area contributed by atoms with E-state index in [4.69, 9.17) is 23.4 Å². The Morgan fingerprint density at radius 2 is 1.59 bits per heavy atom. The lowest BCUT2D eigenvalue weighted by molar-refractivity contribution is 0.0998. The number of hydrogen-bond acceptors (Lipinski definition) is 6. The fourth-order valence-electron chi connectivity index (χ4n) is 2.88. The van der Waals surface area contributed by atoms with Gasteiger partial charge in [0.25, 0.3) is 5.91 Å². The van der Waals surface area contributed by atoms with Crippen molar-refractivity contribution >= 4 is 22.6 Å². The summed E-state index contributed by atoms with van der Waals surface area (Å²) in [6.45, 7) is 1.83. The fourth-order valence-corrected chi connectivity index (χ4v) is 2.88.